The number of hydrogen-bond acceptors (Lipinski definition) is 6. The molecule has 0 radical (unpaired) electrons. The number of carbonyl (C=O) groups excluding carboxylic acids is 1. The molecule has 0 aliphatic carbocycles. The smallest absolute Gasteiger partial charge is 0.239 e. The van der Waals surface area contributed by atoms with Crippen molar-refractivity contribution < 1.29 is 4.79 Å². The van der Waals surface area contributed by atoms with Crippen molar-refractivity contribution in [3.05, 3.63) is 65.0 Å². The van der Waals surface area contributed by atoms with Crippen LogP contribution < -0.4 is 5.32 Å². The average molecular weight is 470 g/mol. The van der Waals surface area contributed by atoms with Gasteiger partial charge in [0.25, 0.3) is 0 Å². The van der Waals surface area contributed by atoms with Gasteiger partial charge in [0.15, 0.2) is 16.1 Å². The fourth-order valence-electron chi connectivity index (χ4n) is 2.96. The fourth-order valence-corrected chi connectivity index (χ4v) is 4.73. The van der Waals surface area contributed by atoms with E-state index in [9.17, 15) is 4.79 Å². The zero-order valence-corrected chi connectivity index (χ0v) is 19.3. The minimum absolute atomic E-state index is 0.127. The third kappa shape index (κ3) is 4.98. The van der Waals surface area contributed by atoms with Crippen LogP contribution in [0.25, 0.3) is 22.6 Å². The first kappa shape index (κ1) is 21.5. The Morgan fingerprint density at radius 2 is 1.87 bits per heavy atom. The van der Waals surface area contributed by atoms with Gasteiger partial charge in [0, 0.05) is 28.1 Å². The Hall–Kier alpha value is -2.68. The Balaban J connectivity index is 1.45. The van der Waals surface area contributed by atoms with Crippen molar-refractivity contribution in [2.24, 2.45) is 0 Å². The van der Waals surface area contributed by atoms with Crippen LogP contribution in [0.4, 0.5) is 5.13 Å². The molecule has 1 unspecified atom stereocenters. The minimum atomic E-state index is -0.364. The number of rotatable bonds is 7. The van der Waals surface area contributed by atoms with E-state index in [1.807, 2.05) is 78.4 Å². The Kier molecular flexibility index (Phi) is 6.70. The molecule has 0 fully saturated rings. The number of carbonyl (C=O) groups is 1. The van der Waals surface area contributed by atoms with Crippen LogP contribution in [0, 0.1) is 0 Å². The number of halogens is 1. The van der Waals surface area contributed by atoms with Gasteiger partial charge in [-0.2, -0.15) is 0 Å². The maximum Gasteiger partial charge on any atom is 0.239 e. The summed E-state index contributed by atoms with van der Waals surface area (Å²) in [6.07, 6.45) is 0. The Morgan fingerprint density at radius 1 is 1.13 bits per heavy atom. The van der Waals surface area contributed by atoms with Crippen molar-refractivity contribution >= 4 is 45.7 Å². The van der Waals surface area contributed by atoms with Crippen molar-refractivity contribution in [3.63, 3.8) is 0 Å². The molecule has 0 spiro atoms. The summed E-state index contributed by atoms with van der Waals surface area (Å²) in [5.41, 5.74) is 2.80. The van der Waals surface area contributed by atoms with E-state index >= 15 is 0 Å². The molecular formula is C22H20ClN5OS2. The SMILES string of the molecule is CCn1c(SC(C)C(=O)Nc2nc(-c3ccccc3)cs2)nnc1-c1ccc(Cl)cc1. The molecule has 4 aromatic rings. The van der Waals surface area contributed by atoms with Gasteiger partial charge in [0.1, 0.15) is 0 Å². The van der Waals surface area contributed by atoms with E-state index in [0.29, 0.717) is 21.9 Å². The molecule has 2 aromatic carbocycles. The quantitative estimate of drug-likeness (QED) is 0.343. The average Bonchev–Trinajstić information content (AvgIpc) is 3.42. The van der Waals surface area contributed by atoms with Crippen LogP contribution in [-0.4, -0.2) is 30.9 Å². The van der Waals surface area contributed by atoms with E-state index in [0.717, 1.165) is 22.6 Å². The van der Waals surface area contributed by atoms with Crippen LogP contribution in [0.3, 0.4) is 0 Å². The lowest BCUT2D eigenvalue weighted by Gasteiger charge is -2.11. The van der Waals surface area contributed by atoms with E-state index in [1.165, 1.54) is 23.1 Å². The van der Waals surface area contributed by atoms with Crippen LogP contribution in [0.1, 0.15) is 13.8 Å². The lowest BCUT2D eigenvalue weighted by molar-refractivity contribution is -0.115. The highest BCUT2D eigenvalue weighted by atomic mass is 35.5. The summed E-state index contributed by atoms with van der Waals surface area (Å²) < 4.78 is 1.99. The van der Waals surface area contributed by atoms with Gasteiger partial charge in [-0.3, -0.25) is 4.79 Å². The summed E-state index contributed by atoms with van der Waals surface area (Å²) in [7, 11) is 0. The zero-order chi connectivity index (χ0) is 21.8. The Labute approximate surface area is 193 Å². The van der Waals surface area contributed by atoms with Crippen LogP contribution in [-0.2, 0) is 11.3 Å². The summed E-state index contributed by atoms with van der Waals surface area (Å²) in [6.45, 7) is 4.56. The van der Waals surface area contributed by atoms with Crippen LogP contribution in [0.2, 0.25) is 5.02 Å². The van der Waals surface area contributed by atoms with Crippen LogP contribution in [0.15, 0.2) is 65.1 Å². The van der Waals surface area contributed by atoms with Gasteiger partial charge in [0.2, 0.25) is 5.91 Å². The molecule has 1 atom stereocenters. The second-order valence-corrected chi connectivity index (χ2v) is 9.31. The zero-order valence-electron chi connectivity index (χ0n) is 16.9. The number of thiazole rings is 1. The molecule has 9 heteroatoms. The van der Waals surface area contributed by atoms with Gasteiger partial charge in [-0.05, 0) is 38.1 Å². The third-order valence-electron chi connectivity index (χ3n) is 4.59. The first-order chi connectivity index (χ1) is 15.0. The summed E-state index contributed by atoms with van der Waals surface area (Å²) in [6, 6.07) is 17.4. The molecule has 0 bridgehead atoms. The molecule has 4 rings (SSSR count). The molecule has 31 heavy (non-hydrogen) atoms. The van der Waals surface area contributed by atoms with Gasteiger partial charge in [-0.1, -0.05) is 53.7 Å². The number of hydrogen-bond donors (Lipinski definition) is 1. The number of nitrogens with zero attached hydrogens (tertiary/aromatic N) is 4. The minimum Gasteiger partial charge on any atom is -0.302 e. The highest BCUT2D eigenvalue weighted by Crippen LogP contribution is 2.29. The third-order valence-corrected chi connectivity index (χ3v) is 6.68. The standard InChI is InChI=1S/C22H20ClN5OS2/c1-3-28-19(16-9-11-17(23)12-10-16)26-27-22(28)31-14(2)20(29)25-21-24-18(13-30-21)15-7-5-4-6-8-15/h4-14H,3H2,1-2H3,(H,24,25,29). The van der Waals surface area contributed by atoms with Crippen molar-refractivity contribution in [2.75, 3.05) is 5.32 Å². The molecule has 2 aromatic heterocycles. The summed E-state index contributed by atoms with van der Waals surface area (Å²) >= 11 is 8.77. The highest BCUT2D eigenvalue weighted by molar-refractivity contribution is 8.00. The van der Waals surface area contributed by atoms with Crippen molar-refractivity contribution in [3.8, 4) is 22.6 Å². The number of anilines is 1. The summed E-state index contributed by atoms with van der Waals surface area (Å²) in [5, 5.41) is 15.1. The van der Waals surface area contributed by atoms with Gasteiger partial charge < -0.3 is 9.88 Å². The molecule has 1 N–H and O–H groups in total. The van der Waals surface area contributed by atoms with Crippen molar-refractivity contribution in [2.45, 2.75) is 30.8 Å². The lowest BCUT2D eigenvalue weighted by atomic mass is 10.2. The predicted molar refractivity (Wildman–Crippen MR) is 128 cm³/mol. The second kappa shape index (κ2) is 9.64. The van der Waals surface area contributed by atoms with E-state index in [-0.39, 0.29) is 11.2 Å². The van der Waals surface area contributed by atoms with Gasteiger partial charge in [-0.25, -0.2) is 4.98 Å². The van der Waals surface area contributed by atoms with E-state index < -0.39 is 0 Å². The molecular weight excluding hydrogens is 450 g/mol. The van der Waals surface area contributed by atoms with Gasteiger partial charge >= 0.3 is 0 Å². The van der Waals surface area contributed by atoms with Gasteiger partial charge in [0.05, 0.1) is 10.9 Å². The number of nitrogens with one attached hydrogen (secondary N) is 1. The maximum atomic E-state index is 12.7. The van der Waals surface area contributed by atoms with Crippen molar-refractivity contribution in [1.82, 2.24) is 19.7 Å². The molecule has 6 nitrogen and oxygen atoms in total. The number of thioether (sulfide) groups is 1. The second-order valence-electron chi connectivity index (χ2n) is 6.71. The first-order valence-electron chi connectivity index (χ1n) is 9.72. The normalized spacial score (nSPS) is 12.0. The fraction of sp³-hybridized carbons (Fsp3) is 0.182. The highest BCUT2D eigenvalue weighted by Gasteiger charge is 2.21. The Bertz CT molecular complexity index is 1170. The summed E-state index contributed by atoms with van der Waals surface area (Å²) in [5.74, 6) is 0.624. The molecule has 1 amide bonds. The number of amides is 1. The Morgan fingerprint density at radius 3 is 2.58 bits per heavy atom. The van der Waals surface area contributed by atoms with E-state index in [1.54, 1.807) is 0 Å². The molecule has 0 aliphatic heterocycles. The lowest BCUT2D eigenvalue weighted by Crippen LogP contribution is -2.22. The van der Waals surface area contributed by atoms with E-state index in [4.69, 9.17) is 11.6 Å². The molecule has 0 saturated heterocycles. The van der Waals surface area contributed by atoms with Crippen molar-refractivity contribution in [1.29, 1.82) is 0 Å². The first-order valence-corrected chi connectivity index (χ1v) is 11.9. The molecule has 0 saturated carbocycles. The number of benzene rings is 2. The monoisotopic (exact) mass is 469 g/mol. The summed E-state index contributed by atoms with van der Waals surface area (Å²) in [4.78, 5) is 17.3. The van der Waals surface area contributed by atoms with Crippen LogP contribution >= 0.6 is 34.7 Å². The predicted octanol–water partition coefficient (Wildman–Crippen LogP) is 5.86. The number of aromatic nitrogens is 4. The molecule has 0 aliphatic rings. The van der Waals surface area contributed by atoms with E-state index in [2.05, 4.69) is 20.5 Å². The topological polar surface area (TPSA) is 72.7 Å². The molecule has 2 heterocycles. The molecule has 158 valence electrons. The largest absolute Gasteiger partial charge is 0.302 e. The van der Waals surface area contributed by atoms with Crippen LogP contribution in [0.5, 0.6) is 0 Å². The van der Waals surface area contributed by atoms with Gasteiger partial charge in [-0.15, -0.1) is 21.5 Å². The maximum absolute atomic E-state index is 12.7.